The molecule has 0 aromatic heterocycles. The first-order valence-electron chi connectivity index (χ1n) is 7.62. The molecule has 0 radical (unpaired) electrons. The molecule has 0 aromatic carbocycles. The summed E-state index contributed by atoms with van der Waals surface area (Å²) in [6.07, 6.45) is 1.33. The maximum Gasteiger partial charge on any atom is 0.393 e. The number of carboxylic acids is 1. The lowest BCUT2D eigenvalue weighted by molar-refractivity contribution is -0.195. The number of nitrogens with zero attached hydrogens (tertiary/aromatic N) is 3. The summed E-state index contributed by atoms with van der Waals surface area (Å²) in [6.45, 7) is -0.704. The minimum absolute atomic E-state index is 0.0332. The van der Waals surface area contributed by atoms with Crippen LogP contribution in [-0.2, 0) is 9.59 Å². The summed E-state index contributed by atoms with van der Waals surface area (Å²) >= 11 is 0. The Morgan fingerprint density at radius 1 is 1.29 bits per heavy atom. The van der Waals surface area contributed by atoms with Crippen LogP contribution in [0.1, 0.15) is 32.1 Å². The third-order valence-electron chi connectivity index (χ3n) is 4.41. The van der Waals surface area contributed by atoms with Gasteiger partial charge in [-0.1, -0.05) is 0 Å². The Labute approximate surface area is 137 Å². The van der Waals surface area contributed by atoms with Gasteiger partial charge in [0.25, 0.3) is 0 Å². The first kappa shape index (κ1) is 18.2. The molecule has 0 saturated carbocycles. The molecule has 9 heteroatoms. The molecule has 24 heavy (non-hydrogen) atoms. The normalized spacial score (nSPS) is 25.2. The summed E-state index contributed by atoms with van der Waals surface area (Å²) in [5.74, 6) is -2.40. The molecule has 0 aliphatic carbocycles. The van der Waals surface area contributed by atoms with E-state index in [2.05, 4.69) is 16.1 Å². The Hall–Kier alpha value is -2.11. The zero-order chi connectivity index (χ0) is 18.0. The topological polar surface area (TPSA) is 82.3 Å². The van der Waals surface area contributed by atoms with Crippen LogP contribution in [0.3, 0.4) is 0 Å². The van der Waals surface area contributed by atoms with Gasteiger partial charge in [0.1, 0.15) is 0 Å². The molecule has 2 atom stereocenters. The monoisotopic (exact) mass is 345 g/mol. The van der Waals surface area contributed by atoms with E-state index in [0.29, 0.717) is 12.8 Å². The molecule has 0 spiro atoms. The Bertz CT molecular complexity index is 577. The lowest BCUT2D eigenvalue weighted by atomic mass is 9.88. The average Bonchev–Trinajstić information content (AvgIpc) is 3.29. The summed E-state index contributed by atoms with van der Waals surface area (Å²) in [7, 11) is 0. The van der Waals surface area contributed by atoms with Crippen molar-refractivity contribution in [1.82, 2.24) is 4.90 Å². The number of terminal acetylenes is 1. The van der Waals surface area contributed by atoms with Crippen LogP contribution in [0.2, 0.25) is 0 Å². The molecule has 0 aromatic rings. The van der Waals surface area contributed by atoms with Gasteiger partial charge < -0.3 is 10.0 Å². The van der Waals surface area contributed by atoms with Crippen LogP contribution >= 0.6 is 0 Å². The van der Waals surface area contributed by atoms with E-state index in [1.54, 1.807) is 0 Å². The predicted molar refractivity (Wildman–Crippen MR) is 76.8 cm³/mol. The van der Waals surface area contributed by atoms with E-state index >= 15 is 0 Å². The highest BCUT2D eigenvalue weighted by Gasteiger charge is 2.47. The summed E-state index contributed by atoms with van der Waals surface area (Å²) in [6, 6.07) is 0. The Balaban J connectivity index is 1.94. The standard InChI is InChI=1S/C15H18F3N3O3/c1-2-3-5-14(19-20-14)6-4-12(22)21-8-10(13(23)24)7-11(9-21)15(16,17)18/h1,10-11H,3-9H2,(H,23,24)/t10-,11+/m1/s1. The van der Waals surface area contributed by atoms with Crippen LogP contribution in [-0.4, -0.2) is 46.8 Å². The number of hydrogen-bond donors (Lipinski definition) is 1. The van der Waals surface area contributed by atoms with Crippen molar-refractivity contribution in [2.45, 2.75) is 43.9 Å². The summed E-state index contributed by atoms with van der Waals surface area (Å²) < 4.78 is 38.9. The average molecular weight is 345 g/mol. The van der Waals surface area contributed by atoms with E-state index in [1.807, 2.05) is 0 Å². The van der Waals surface area contributed by atoms with Gasteiger partial charge >= 0.3 is 12.1 Å². The van der Waals surface area contributed by atoms with Gasteiger partial charge in [-0.25, -0.2) is 0 Å². The van der Waals surface area contributed by atoms with Crippen LogP contribution in [0.25, 0.3) is 0 Å². The van der Waals surface area contributed by atoms with Crippen LogP contribution in [0.5, 0.6) is 0 Å². The van der Waals surface area contributed by atoms with Gasteiger partial charge in [-0.2, -0.15) is 23.4 Å². The van der Waals surface area contributed by atoms with Crippen molar-refractivity contribution in [3.63, 3.8) is 0 Å². The van der Waals surface area contributed by atoms with Gasteiger partial charge in [-0.05, 0) is 6.42 Å². The number of amides is 1. The maximum atomic E-state index is 13.0. The van der Waals surface area contributed by atoms with Crippen molar-refractivity contribution >= 4 is 11.9 Å². The van der Waals surface area contributed by atoms with Gasteiger partial charge in [-0.3, -0.25) is 9.59 Å². The van der Waals surface area contributed by atoms with E-state index in [9.17, 15) is 22.8 Å². The molecule has 2 heterocycles. The van der Waals surface area contributed by atoms with E-state index < -0.39 is 48.5 Å². The molecule has 1 amide bonds. The highest BCUT2D eigenvalue weighted by Crippen LogP contribution is 2.39. The maximum absolute atomic E-state index is 13.0. The summed E-state index contributed by atoms with van der Waals surface area (Å²) in [5, 5.41) is 16.8. The predicted octanol–water partition coefficient (Wildman–Crippen LogP) is 2.45. The molecule has 2 aliphatic heterocycles. The minimum atomic E-state index is -4.53. The van der Waals surface area contributed by atoms with E-state index in [0.717, 1.165) is 4.90 Å². The minimum Gasteiger partial charge on any atom is -0.481 e. The molecule has 2 aliphatic rings. The molecule has 1 fully saturated rings. The van der Waals surface area contributed by atoms with Gasteiger partial charge in [0, 0.05) is 38.8 Å². The largest absolute Gasteiger partial charge is 0.481 e. The van der Waals surface area contributed by atoms with Crippen molar-refractivity contribution in [2.24, 2.45) is 22.1 Å². The summed E-state index contributed by atoms with van der Waals surface area (Å²) in [5.41, 5.74) is -0.687. The second-order valence-corrected chi connectivity index (χ2v) is 6.19. The van der Waals surface area contributed by atoms with Gasteiger partial charge in [0.15, 0.2) is 5.66 Å². The van der Waals surface area contributed by atoms with Gasteiger partial charge in [0.2, 0.25) is 5.91 Å². The van der Waals surface area contributed by atoms with Crippen LogP contribution in [0.4, 0.5) is 13.2 Å². The molecule has 0 unspecified atom stereocenters. The fourth-order valence-electron chi connectivity index (χ4n) is 2.85. The first-order chi connectivity index (χ1) is 11.2. The molecule has 1 N–H and O–H groups in total. The highest BCUT2D eigenvalue weighted by atomic mass is 19.4. The Kier molecular flexibility index (Phi) is 5.16. The smallest absolute Gasteiger partial charge is 0.393 e. The number of halogens is 3. The molecule has 6 nitrogen and oxygen atoms in total. The Morgan fingerprint density at radius 2 is 1.96 bits per heavy atom. The lowest BCUT2D eigenvalue weighted by Gasteiger charge is -2.37. The third-order valence-corrected chi connectivity index (χ3v) is 4.41. The molecule has 2 rings (SSSR count). The lowest BCUT2D eigenvalue weighted by Crippen LogP contribution is -2.50. The van der Waals surface area contributed by atoms with Crippen molar-refractivity contribution in [1.29, 1.82) is 0 Å². The van der Waals surface area contributed by atoms with Crippen molar-refractivity contribution in [3.05, 3.63) is 0 Å². The van der Waals surface area contributed by atoms with E-state index in [4.69, 9.17) is 11.5 Å². The number of carbonyl (C=O) groups excluding carboxylic acids is 1. The zero-order valence-corrected chi connectivity index (χ0v) is 12.9. The fraction of sp³-hybridized carbons (Fsp3) is 0.733. The first-order valence-corrected chi connectivity index (χ1v) is 7.62. The Morgan fingerprint density at radius 3 is 2.46 bits per heavy atom. The number of piperidine rings is 1. The number of alkyl halides is 3. The van der Waals surface area contributed by atoms with Crippen molar-refractivity contribution in [3.8, 4) is 12.3 Å². The van der Waals surface area contributed by atoms with Crippen molar-refractivity contribution < 1.29 is 27.9 Å². The van der Waals surface area contributed by atoms with Crippen LogP contribution < -0.4 is 0 Å². The molecule has 1 saturated heterocycles. The van der Waals surface area contributed by atoms with Crippen LogP contribution in [0.15, 0.2) is 10.2 Å². The number of likely N-dealkylation sites (tertiary alicyclic amines) is 1. The number of aliphatic carboxylic acids is 1. The number of carbonyl (C=O) groups is 2. The quantitative estimate of drug-likeness (QED) is 0.751. The SMILES string of the molecule is C#CCCC1(CCC(=O)N2C[C@H](C(=O)O)C[C@H](C(F)(F)F)C2)N=N1. The van der Waals surface area contributed by atoms with Gasteiger partial charge in [0.05, 0.1) is 11.8 Å². The number of hydrogen-bond acceptors (Lipinski definition) is 4. The molecular formula is C15H18F3N3O3. The van der Waals surface area contributed by atoms with Gasteiger partial charge in [-0.15, -0.1) is 12.3 Å². The number of rotatable bonds is 6. The second-order valence-electron chi connectivity index (χ2n) is 6.19. The highest BCUT2D eigenvalue weighted by molar-refractivity contribution is 5.78. The molecule has 132 valence electrons. The second kappa shape index (κ2) is 6.79. The van der Waals surface area contributed by atoms with Crippen LogP contribution in [0, 0.1) is 24.2 Å². The third kappa shape index (κ3) is 4.46. The number of carboxylic acid groups (broad SMARTS) is 1. The zero-order valence-electron chi connectivity index (χ0n) is 12.9. The molecular weight excluding hydrogens is 327 g/mol. The van der Waals surface area contributed by atoms with E-state index in [1.165, 1.54) is 0 Å². The van der Waals surface area contributed by atoms with E-state index in [-0.39, 0.29) is 19.4 Å². The molecule has 0 bridgehead atoms. The summed E-state index contributed by atoms with van der Waals surface area (Å²) in [4.78, 5) is 24.3. The fourth-order valence-corrected chi connectivity index (χ4v) is 2.85. The van der Waals surface area contributed by atoms with Crippen molar-refractivity contribution in [2.75, 3.05) is 13.1 Å².